The van der Waals surface area contributed by atoms with Crippen molar-refractivity contribution in [2.75, 3.05) is 13.1 Å². The van der Waals surface area contributed by atoms with E-state index in [2.05, 4.69) is 18.5 Å². The summed E-state index contributed by atoms with van der Waals surface area (Å²) in [5, 5.41) is 4.16. The van der Waals surface area contributed by atoms with E-state index in [1.54, 1.807) is 0 Å². The number of carbonyl (C=O) groups excluding carboxylic acids is 1. The molecule has 0 atom stereocenters. The van der Waals surface area contributed by atoms with Crippen molar-refractivity contribution in [3.8, 4) is 0 Å². The van der Waals surface area contributed by atoms with Gasteiger partial charge in [-0.15, -0.1) is 13.2 Å². The molecule has 0 radical (unpaired) electrons. The van der Waals surface area contributed by atoms with Crippen LogP contribution in [0, 0.1) is 5.92 Å². The van der Waals surface area contributed by atoms with Gasteiger partial charge in [-0.05, 0) is 38.5 Å². The summed E-state index contributed by atoms with van der Waals surface area (Å²) < 4.78 is 0. The molecular formula is C22H36N2O. The minimum atomic E-state index is 0.164. The summed E-state index contributed by atoms with van der Waals surface area (Å²) in [5.74, 6) is 0.494. The molecule has 0 aromatic heterocycles. The van der Waals surface area contributed by atoms with Gasteiger partial charge in [0, 0.05) is 30.1 Å². The summed E-state index contributed by atoms with van der Waals surface area (Å²) in [6.45, 7) is 8.94. The topological polar surface area (TPSA) is 32.3 Å². The van der Waals surface area contributed by atoms with Crippen molar-refractivity contribution in [1.82, 2.24) is 10.2 Å². The van der Waals surface area contributed by atoms with E-state index in [1.165, 1.54) is 64.2 Å². The second-order valence-corrected chi connectivity index (χ2v) is 8.73. The van der Waals surface area contributed by atoms with Gasteiger partial charge in [0.1, 0.15) is 0 Å². The molecule has 3 aliphatic rings. The molecule has 3 fully saturated rings. The average Bonchev–Trinajstić information content (AvgIpc) is 2.61. The fraction of sp³-hybridized carbons (Fsp3) is 0.773. The highest BCUT2D eigenvalue weighted by atomic mass is 16.2. The highest BCUT2D eigenvalue weighted by Crippen LogP contribution is 2.46. The van der Waals surface area contributed by atoms with Crippen LogP contribution < -0.4 is 5.32 Å². The van der Waals surface area contributed by atoms with E-state index in [-0.39, 0.29) is 17.0 Å². The van der Waals surface area contributed by atoms with Crippen molar-refractivity contribution in [3.63, 3.8) is 0 Å². The van der Waals surface area contributed by atoms with Crippen LogP contribution in [0.4, 0.5) is 0 Å². The van der Waals surface area contributed by atoms with Crippen molar-refractivity contribution in [1.29, 1.82) is 0 Å². The van der Waals surface area contributed by atoms with Gasteiger partial charge >= 0.3 is 0 Å². The van der Waals surface area contributed by atoms with Crippen molar-refractivity contribution >= 4 is 5.91 Å². The molecule has 2 aliphatic carbocycles. The number of nitrogens with one attached hydrogen (secondary N) is 1. The Bertz CT molecular complexity index is 450. The van der Waals surface area contributed by atoms with Crippen LogP contribution in [0.5, 0.6) is 0 Å². The lowest BCUT2D eigenvalue weighted by Gasteiger charge is -2.55. The number of hydrogen-bond acceptors (Lipinski definition) is 2. The number of hydrogen-bond donors (Lipinski definition) is 1. The molecule has 3 heteroatoms. The molecule has 1 saturated heterocycles. The second-order valence-electron chi connectivity index (χ2n) is 8.73. The van der Waals surface area contributed by atoms with Gasteiger partial charge in [0.05, 0.1) is 0 Å². The first-order valence-corrected chi connectivity index (χ1v) is 10.4. The summed E-state index contributed by atoms with van der Waals surface area (Å²) >= 11 is 0. The molecule has 0 unspecified atom stereocenters. The normalized spacial score (nSPS) is 27.8. The summed E-state index contributed by atoms with van der Waals surface area (Å²) in [6.07, 6.45) is 18.7. The third-order valence-corrected chi connectivity index (χ3v) is 6.79. The molecule has 0 aromatic rings. The van der Waals surface area contributed by atoms with Crippen LogP contribution in [0.1, 0.15) is 77.0 Å². The van der Waals surface area contributed by atoms with Gasteiger partial charge in [-0.1, -0.05) is 50.7 Å². The monoisotopic (exact) mass is 344 g/mol. The summed E-state index contributed by atoms with van der Waals surface area (Å²) in [5.41, 5.74) is 0.421. The Morgan fingerprint density at radius 2 is 1.32 bits per heavy atom. The van der Waals surface area contributed by atoms with Crippen molar-refractivity contribution in [2.45, 2.75) is 88.1 Å². The molecule has 1 heterocycles. The SMILES string of the molecule is C=CCN(CC=C)C(=O)C1CC2(CCCCC2)NC2(CCCCC2)C1. The molecule has 0 bridgehead atoms. The highest BCUT2D eigenvalue weighted by Gasteiger charge is 2.50. The summed E-state index contributed by atoms with van der Waals surface area (Å²) in [4.78, 5) is 15.3. The van der Waals surface area contributed by atoms with Crippen LogP contribution in [0.3, 0.4) is 0 Å². The molecule has 1 aliphatic heterocycles. The van der Waals surface area contributed by atoms with Crippen molar-refractivity contribution < 1.29 is 4.79 Å². The van der Waals surface area contributed by atoms with Crippen LogP contribution in [0.2, 0.25) is 0 Å². The third-order valence-electron chi connectivity index (χ3n) is 6.79. The Kier molecular flexibility index (Phi) is 6.04. The number of piperidine rings is 1. The molecular weight excluding hydrogens is 308 g/mol. The number of amides is 1. The van der Waals surface area contributed by atoms with Gasteiger partial charge in [-0.25, -0.2) is 0 Å². The fourth-order valence-electron chi connectivity index (χ4n) is 5.79. The van der Waals surface area contributed by atoms with Crippen LogP contribution in [0.15, 0.2) is 25.3 Å². The van der Waals surface area contributed by atoms with Gasteiger partial charge in [0.15, 0.2) is 0 Å². The zero-order valence-corrected chi connectivity index (χ0v) is 15.9. The highest BCUT2D eigenvalue weighted by molar-refractivity contribution is 5.79. The van der Waals surface area contributed by atoms with E-state index in [0.717, 1.165) is 12.8 Å². The molecule has 25 heavy (non-hydrogen) atoms. The van der Waals surface area contributed by atoms with Crippen LogP contribution in [-0.4, -0.2) is 35.0 Å². The molecule has 0 aromatic carbocycles. The average molecular weight is 345 g/mol. The summed E-state index contributed by atoms with van der Waals surface area (Å²) in [7, 11) is 0. The van der Waals surface area contributed by atoms with Gasteiger partial charge in [-0.2, -0.15) is 0 Å². The number of carbonyl (C=O) groups is 1. The van der Waals surface area contributed by atoms with Gasteiger partial charge in [0.25, 0.3) is 0 Å². The van der Waals surface area contributed by atoms with E-state index < -0.39 is 0 Å². The largest absolute Gasteiger partial charge is 0.335 e. The van der Waals surface area contributed by atoms with Gasteiger partial charge < -0.3 is 10.2 Å². The Morgan fingerprint density at radius 1 is 0.880 bits per heavy atom. The number of rotatable bonds is 5. The lowest BCUT2D eigenvalue weighted by Crippen LogP contribution is -2.65. The van der Waals surface area contributed by atoms with Gasteiger partial charge in [0.2, 0.25) is 5.91 Å². The Balaban J connectivity index is 1.82. The third kappa shape index (κ3) is 4.19. The number of nitrogens with zero attached hydrogens (tertiary/aromatic N) is 1. The molecule has 1 amide bonds. The standard InChI is InChI=1S/C22H36N2O/c1-3-15-24(16-4-2)20(25)19-17-21(11-7-5-8-12-21)23-22(18-19)13-9-6-10-14-22/h3-4,19,23H,1-2,5-18H2. The van der Waals surface area contributed by atoms with E-state index in [0.29, 0.717) is 19.0 Å². The molecule has 1 N–H and O–H groups in total. The molecule has 2 spiro atoms. The smallest absolute Gasteiger partial charge is 0.226 e. The maximum atomic E-state index is 13.3. The zero-order chi connectivity index (χ0) is 17.8. The Labute approximate surface area is 153 Å². The molecule has 140 valence electrons. The Morgan fingerprint density at radius 3 is 1.72 bits per heavy atom. The molecule has 2 saturated carbocycles. The first-order chi connectivity index (χ1) is 12.1. The lowest BCUT2D eigenvalue weighted by atomic mass is 9.63. The van der Waals surface area contributed by atoms with Crippen molar-refractivity contribution in [3.05, 3.63) is 25.3 Å². The van der Waals surface area contributed by atoms with E-state index in [4.69, 9.17) is 0 Å². The van der Waals surface area contributed by atoms with Crippen LogP contribution >= 0.6 is 0 Å². The molecule has 3 nitrogen and oxygen atoms in total. The van der Waals surface area contributed by atoms with E-state index in [9.17, 15) is 4.79 Å². The van der Waals surface area contributed by atoms with Gasteiger partial charge in [-0.3, -0.25) is 4.79 Å². The quantitative estimate of drug-likeness (QED) is 0.740. The summed E-state index contributed by atoms with van der Waals surface area (Å²) in [6, 6.07) is 0. The van der Waals surface area contributed by atoms with Crippen molar-refractivity contribution in [2.24, 2.45) is 5.92 Å². The first-order valence-electron chi connectivity index (χ1n) is 10.4. The van der Waals surface area contributed by atoms with Crippen LogP contribution in [0.25, 0.3) is 0 Å². The zero-order valence-electron chi connectivity index (χ0n) is 15.9. The minimum Gasteiger partial charge on any atom is -0.335 e. The maximum Gasteiger partial charge on any atom is 0.226 e. The van der Waals surface area contributed by atoms with E-state index >= 15 is 0 Å². The minimum absolute atomic E-state index is 0.164. The predicted octanol–water partition coefficient (Wildman–Crippen LogP) is 4.59. The predicted molar refractivity (Wildman–Crippen MR) is 104 cm³/mol. The lowest BCUT2D eigenvalue weighted by molar-refractivity contribution is -0.139. The van der Waals surface area contributed by atoms with Crippen LogP contribution in [-0.2, 0) is 4.79 Å². The second kappa shape index (κ2) is 8.07. The van der Waals surface area contributed by atoms with E-state index in [1.807, 2.05) is 17.1 Å². The first kappa shape index (κ1) is 18.7. The molecule has 3 rings (SSSR count). The Hall–Kier alpha value is -1.09. The maximum absolute atomic E-state index is 13.3. The fourth-order valence-corrected chi connectivity index (χ4v) is 5.79.